The third-order valence-corrected chi connectivity index (χ3v) is 2.92. The summed E-state index contributed by atoms with van der Waals surface area (Å²) in [6.45, 7) is 2.05. The van der Waals surface area contributed by atoms with Gasteiger partial charge in [0.1, 0.15) is 0 Å². The lowest BCUT2D eigenvalue weighted by atomic mass is 10.1. The second-order valence-electron chi connectivity index (χ2n) is 4.22. The van der Waals surface area contributed by atoms with E-state index in [0.29, 0.717) is 0 Å². The van der Waals surface area contributed by atoms with E-state index >= 15 is 0 Å². The van der Waals surface area contributed by atoms with Crippen molar-refractivity contribution in [3.05, 3.63) is 71.6 Å². The molecule has 1 nitrogen and oxygen atoms in total. The number of H-pyrrole nitrogens is 1. The van der Waals surface area contributed by atoms with Crippen LogP contribution in [0.15, 0.2) is 65.9 Å². The van der Waals surface area contributed by atoms with Crippen molar-refractivity contribution >= 4 is 16.5 Å². The molecule has 0 amide bonds. The van der Waals surface area contributed by atoms with E-state index in [4.69, 9.17) is 0 Å². The topological polar surface area (TPSA) is 15.8 Å². The number of allylic oxidation sites excluding steroid dienone is 5. The number of fused-ring (bicyclic) bond motifs is 1. The minimum Gasteiger partial charge on any atom is -0.355 e. The van der Waals surface area contributed by atoms with Crippen LogP contribution in [-0.2, 0) is 0 Å². The van der Waals surface area contributed by atoms with Gasteiger partial charge in [-0.15, -0.1) is 5.73 Å². The molecule has 0 radical (unpaired) electrons. The number of hydrogen-bond donors (Lipinski definition) is 1. The van der Waals surface area contributed by atoms with Crippen LogP contribution in [0.2, 0.25) is 0 Å². The molecule has 1 aromatic heterocycles. The van der Waals surface area contributed by atoms with Crippen molar-refractivity contribution in [1.82, 2.24) is 4.98 Å². The van der Waals surface area contributed by atoms with Crippen LogP contribution in [0.3, 0.4) is 0 Å². The molecule has 1 N–H and O–H groups in total. The van der Waals surface area contributed by atoms with E-state index in [1.807, 2.05) is 12.1 Å². The van der Waals surface area contributed by atoms with Gasteiger partial charge in [-0.05, 0) is 30.7 Å². The Morgan fingerprint density at radius 1 is 1.18 bits per heavy atom. The Balaban J connectivity index is 2.13. The monoisotopic (exact) mass is 219 g/mol. The summed E-state index contributed by atoms with van der Waals surface area (Å²) < 4.78 is 0. The minimum absolute atomic E-state index is 1.14. The zero-order chi connectivity index (χ0) is 11.7. The summed E-state index contributed by atoms with van der Waals surface area (Å²) >= 11 is 0. The molecule has 0 spiro atoms. The number of nitrogens with one attached hydrogen (secondary N) is 1. The summed E-state index contributed by atoms with van der Waals surface area (Å²) in [6, 6.07) is 10.5. The summed E-state index contributed by atoms with van der Waals surface area (Å²) in [5.74, 6) is 0. The van der Waals surface area contributed by atoms with E-state index in [9.17, 15) is 0 Å². The fourth-order valence-corrected chi connectivity index (χ4v) is 1.98. The number of para-hydroxylation sites is 1. The van der Waals surface area contributed by atoms with Gasteiger partial charge in [0.15, 0.2) is 0 Å². The number of rotatable bonds is 1. The van der Waals surface area contributed by atoms with Crippen molar-refractivity contribution in [2.24, 2.45) is 0 Å². The highest BCUT2D eigenvalue weighted by atomic mass is 14.7. The normalized spacial score (nSPS) is 14.6. The Labute approximate surface area is 100 Å². The van der Waals surface area contributed by atoms with Crippen molar-refractivity contribution in [2.75, 3.05) is 0 Å². The van der Waals surface area contributed by atoms with Gasteiger partial charge in [0, 0.05) is 22.2 Å². The minimum atomic E-state index is 1.14. The molecule has 2 aromatic rings. The standard InChI is InChI=1S/C16H13N/c1-12-5-4-7-13(10-9-12)16-11-14-6-2-3-8-15(14)17-16/h2-8,10-11,17H,1H3. The van der Waals surface area contributed by atoms with Crippen LogP contribution in [0.5, 0.6) is 0 Å². The van der Waals surface area contributed by atoms with E-state index < -0.39 is 0 Å². The molecule has 1 aliphatic carbocycles. The number of aromatic amines is 1. The molecule has 1 heterocycles. The molecule has 0 fully saturated rings. The maximum absolute atomic E-state index is 3.43. The quantitative estimate of drug-likeness (QED) is 0.691. The first-order valence-corrected chi connectivity index (χ1v) is 5.73. The highest BCUT2D eigenvalue weighted by molar-refractivity contribution is 5.87. The molecule has 17 heavy (non-hydrogen) atoms. The van der Waals surface area contributed by atoms with Gasteiger partial charge >= 0.3 is 0 Å². The van der Waals surface area contributed by atoms with E-state index in [1.165, 1.54) is 10.9 Å². The molecule has 0 unspecified atom stereocenters. The molecule has 82 valence electrons. The molecule has 1 heteroatoms. The van der Waals surface area contributed by atoms with Crippen LogP contribution in [0.1, 0.15) is 12.6 Å². The van der Waals surface area contributed by atoms with Gasteiger partial charge in [0.25, 0.3) is 0 Å². The van der Waals surface area contributed by atoms with Crippen molar-refractivity contribution in [2.45, 2.75) is 6.92 Å². The van der Waals surface area contributed by atoms with Gasteiger partial charge in [-0.3, -0.25) is 0 Å². The first-order valence-electron chi connectivity index (χ1n) is 5.73. The second-order valence-corrected chi connectivity index (χ2v) is 4.22. The lowest BCUT2D eigenvalue weighted by Gasteiger charge is -1.94. The van der Waals surface area contributed by atoms with Gasteiger partial charge in [-0.2, -0.15) is 0 Å². The fraction of sp³-hybridized carbons (Fsp3) is 0.0625. The van der Waals surface area contributed by atoms with Crippen LogP contribution in [0.4, 0.5) is 0 Å². The van der Waals surface area contributed by atoms with Crippen molar-refractivity contribution in [1.29, 1.82) is 0 Å². The number of benzene rings is 1. The highest BCUT2D eigenvalue weighted by Crippen LogP contribution is 2.22. The molecular formula is C16H13N. The maximum Gasteiger partial charge on any atom is 0.0471 e. The summed E-state index contributed by atoms with van der Waals surface area (Å²) in [4.78, 5) is 3.43. The molecule has 0 saturated heterocycles. The van der Waals surface area contributed by atoms with E-state index in [0.717, 1.165) is 16.8 Å². The second kappa shape index (κ2) is 3.97. The summed E-state index contributed by atoms with van der Waals surface area (Å²) in [7, 11) is 0. The Morgan fingerprint density at radius 2 is 2.06 bits per heavy atom. The predicted octanol–water partition coefficient (Wildman–Crippen LogP) is 4.22. The molecule has 0 bridgehead atoms. The van der Waals surface area contributed by atoms with Crippen LogP contribution in [0, 0.1) is 0 Å². The van der Waals surface area contributed by atoms with Gasteiger partial charge in [0.2, 0.25) is 0 Å². The summed E-state index contributed by atoms with van der Waals surface area (Å²) in [6.07, 6.45) is 8.26. The number of hydrogen-bond acceptors (Lipinski definition) is 0. The third-order valence-electron chi connectivity index (χ3n) is 2.92. The Morgan fingerprint density at radius 3 is 2.94 bits per heavy atom. The zero-order valence-corrected chi connectivity index (χ0v) is 9.70. The zero-order valence-electron chi connectivity index (χ0n) is 9.70. The Hall–Kier alpha value is -2.24. The summed E-state index contributed by atoms with van der Waals surface area (Å²) in [5.41, 5.74) is 7.87. The average molecular weight is 219 g/mol. The molecule has 3 rings (SSSR count). The van der Waals surface area contributed by atoms with Gasteiger partial charge in [-0.25, -0.2) is 0 Å². The van der Waals surface area contributed by atoms with Crippen LogP contribution in [-0.4, -0.2) is 4.98 Å². The lowest BCUT2D eigenvalue weighted by Crippen LogP contribution is -1.78. The third kappa shape index (κ3) is 1.89. The Kier molecular flexibility index (Phi) is 2.32. The fourth-order valence-electron chi connectivity index (χ4n) is 1.98. The average Bonchev–Trinajstić information content (AvgIpc) is 2.65. The van der Waals surface area contributed by atoms with E-state index in [2.05, 4.69) is 60.1 Å². The largest absolute Gasteiger partial charge is 0.355 e. The molecule has 0 atom stereocenters. The maximum atomic E-state index is 3.43. The van der Waals surface area contributed by atoms with Crippen molar-refractivity contribution in [3.8, 4) is 0 Å². The lowest BCUT2D eigenvalue weighted by molar-refractivity contribution is 1.41. The number of aromatic nitrogens is 1. The summed E-state index contributed by atoms with van der Waals surface area (Å²) in [5, 5.41) is 1.24. The Bertz CT molecular complexity index is 656. The van der Waals surface area contributed by atoms with Crippen molar-refractivity contribution in [3.63, 3.8) is 0 Å². The van der Waals surface area contributed by atoms with Gasteiger partial charge in [0.05, 0.1) is 0 Å². The molecule has 1 aromatic carbocycles. The highest BCUT2D eigenvalue weighted by Gasteiger charge is 2.03. The van der Waals surface area contributed by atoms with Crippen LogP contribution < -0.4 is 0 Å². The van der Waals surface area contributed by atoms with Crippen LogP contribution in [0.25, 0.3) is 16.5 Å². The molecule has 1 aliphatic rings. The molecule has 0 aliphatic heterocycles. The smallest absolute Gasteiger partial charge is 0.0471 e. The first-order chi connectivity index (χ1) is 8.33. The van der Waals surface area contributed by atoms with E-state index in [1.54, 1.807) is 0 Å². The molecule has 0 saturated carbocycles. The SMILES string of the molecule is CC1=C=CC(c2cc3ccccc3[nH]2)=CC=C1. The van der Waals surface area contributed by atoms with E-state index in [-0.39, 0.29) is 0 Å². The van der Waals surface area contributed by atoms with Gasteiger partial charge in [-0.1, -0.05) is 36.4 Å². The van der Waals surface area contributed by atoms with Crippen molar-refractivity contribution < 1.29 is 0 Å². The van der Waals surface area contributed by atoms with Gasteiger partial charge < -0.3 is 4.98 Å². The predicted molar refractivity (Wildman–Crippen MR) is 72.7 cm³/mol. The van der Waals surface area contributed by atoms with Crippen LogP contribution >= 0.6 is 0 Å². The molecular weight excluding hydrogens is 206 g/mol. The first kappa shape index (κ1) is 9.95.